The van der Waals surface area contributed by atoms with Gasteiger partial charge in [-0.15, -0.1) is 0 Å². The fourth-order valence-electron chi connectivity index (χ4n) is 5.22. The van der Waals surface area contributed by atoms with Crippen LogP contribution in [0.1, 0.15) is 43.2 Å². The van der Waals surface area contributed by atoms with E-state index in [1.165, 1.54) is 17.5 Å². The maximum atomic E-state index is 11.5. The Morgan fingerprint density at radius 2 is 2.00 bits per heavy atom. The summed E-state index contributed by atoms with van der Waals surface area (Å²) in [5.41, 5.74) is 1.81. The van der Waals surface area contributed by atoms with Gasteiger partial charge in [0.15, 0.2) is 0 Å². The Kier molecular flexibility index (Phi) is 2.52. The van der Waals surface area contributed by atoms with E-state index in [1.54, 1.807) is 6.07 Å². The second-order valence-electron chi connectivity index (χ2n) is 7.01. The Hall–Kier alpha value is -1.06. The number of likely N-dealkylation sites (tertiary alicyclic amines) is 1. The van der Waals surface area contributed by atoms with Gasteiger partial charge in [0.05, 0.1) is 5.60 Å². The highest BCUT2D eigenvalue weighted by molar-refractivity contribution is 5.47. The molecule has 0 spiro atoms. The number of likely N-dealkylation sites (N-methyl/N-ethyl adjacent to an activating group) is 1. The van der Waals surface area contributed by atoms with Gasteiger partial charge in [0.2, 0.25) is 0 Å². The van der Waals surface area contributed by atoms with E-state index in [2.05, 4.69) is 18.0 Å². The van der Waals surface area contributed by atoms with Gasteiger partial charge in [-0.1, -0.05) is 18.9 Å². The number of piperidine rings is 1. The first-order valence-electron chi connectivity index (χ1n) is 7.82. The SMILES string of the molecule is CN1CC[C@]23CCCC[C@@]2(O)[C@H]1Cc1ccc(O)cc13. The largest absolute Gasteiger partial charge is 0.508 e. The minimum atomic E-state index is -0.612. The molecule has 1 aromatic carbocycles. The van der Waals surface area contributed by atoms with Gasteiger partial charge in [0.1, 0.15) is 5.75 Å². The fraction of sp³-hybridized carbons (Fsp3) is 0.647. The van der Waals surface area contributed by atoms with Crippen LogP contribution in [0, 0.1) is 0 Å². The van der Waals surface area contributed by atoms with E-state index in [0.717, 1.165) is 38.6 Å². The molecule has 0 radical (unpaired) electrons. The van der Waals surface area contributed by atoms with Crippen LogP contribution < -0.4 is 0 Å². The van der Waals surface area contributed by atoms with Crippen LogP contribution in [0.2, 0.25) is 0 Å². The smallest absolute Gasteiger partial charge is 0.115 e. The number of hydrogen-bond donors (Lipinski definition) is 2. The molecule has 3 heteroatoms. The Bertz CT molecular complexity index is 558. The van der Waals surface area contributed by atoms with Crippen molar-refractivity contribution in [2.45, 2.75) is 55.6 Å². The van der Waals surface area contributed by atoms with Crippen LogP contribution in [0.25, 0.3) is 0 Å². The number of aromatic hydroxyl groups is 1. The van der Waals surface area contributed by atoms with Gasteiger partial charge in [0.25, 0.3) is 0 Å². The van der Waals surface area contributed by atoms with Crippen molar-refractivity contribution in [1.82, 2.24) is 4.90 Å². The zero-order valence-electron chi connectivity index (χ0n) is 12.1. The summed E-state index contributed by atoms with van der Waals surface area (Å²) in [6, 6.07) is 6.01. The number of phenolic OH excluding ortho intramolecular Hbond substituents is 1. The van der Waals surface area contributed by atoms with Crippen molar-refractivity contribution >= 4 is 0 Å². The Labute approximate surface area is 120 Å². The van der Waals surface area contributed by atoms with Crippen LogP contribution in [0.4, 0.5) is 0 Å². The average molecular weight is 273 g/mol. The third kappa shape index (κ3) is 1.38. The summed E-state index contributed by atoms with van der Waals surface area (Å²) >= 11 is 0. The van der Waals surface area contributed by atoms with Gasteiger partial charge in [0, 0.05) is 11.5 Å². The zero-order chi connectivity index (χ0) is 14.0. The second kappa shape index (κ2) is 3.99. The molecule has 1 saturated carbocycles. The van der Waals surface area contributed by atoms with Crippen LogP contribution in [0.3, 0.4) is 0 Å². The zero-order valence-corrected chi connectivity index (χ0v) is 12.1. The Morgan fingerprint density at radius 3 is 2.85 bits per heavy atom. The molecule has 4 rings (SSSR count). The van der Waals surface area contributed by atoms with Crippen LogP contribution in [-0.2, 0) is 11.8 Å². The molecule has 1 aliphatic heterocycles. The molecule has 2 N–H and O–H groups in total. The lowest BCUT2D eigenvalue weighted by Crippen LogP contribution is -2.71. The molecule has 1 saturated heterocycles. The molecule has 2 aliphatic carbocycles. The molecule has 3 nitrogen and oxygen atoms in total. The van der Waals surface area contributed by atoms with Crippen molar-refractivity contribution < 1.29 is 10.2 Å². The monoisotopic (exact) mass is 273 g/mol. The highest BCUT2D eigenvalue weighted by Gasteiger charge is 2.62. The molecular weight excluding hydrogens is 250 g/mol. The first-order chi connectivity index (χ1) is 9.57. The lowest BCUT2D eigenvalue weighted by Gasteiger charge is -2.63. The van der Waals surface area contributed by atoms with Gasteiger partial charge < -0.3 is 15.1 Å². The van der Waals surface area contributed by atoms with Crippen LogP contribution in [0.15, 0.2) is 18.2 Å². The number of rotatable bonds is 0. The molecule has 108 valence electrons. The number of fused-ring (bicyclic) bond motifs is 1. The fourth-order valence-corrected chi connectivity index (χ4v) is 5.22. The Balaban J connectivity index is 1.97. The maximum Gasteiger partial charge on any atom is 0.115 e. The lowest BCUT2D eigenvalue weighted by atomic mass is 9.49. The number of nitrogens with zero attached hydrogens (tertiary/aromatic N) is 1. The first kappa shape index (κ1) is 12.7. The van der Waals surface area contributed by atoms with Crippen LogP contribution in [-0.4, -0.2) is 40.3 Å². The summed E-state index contributed by atoms with van der Waals surface area (Å²) in [6.45, 7) is 1.04. The molecule has 0 aromatic heterocycles. The predicted molar refractivity (Wildman–Crippen MR) is 77.9 cm³/mol. The summed E-state index contributed by atoms with van der Waals surface area (Å²) < 4.78 is 0. The molecule has 2 fully saturated rings. The van der Waals surface area contributed by atoms with E-state index in [1.807, 2.05) is 6.07 Å². The first-order valence-corrected chi connectivity index (χ1v) is 7.82. The quantitative estimate of drug-likeness (QED) is 0.761. The summed E-state index contributed by atoms with van der Waals surface area (Å²) in [4.78, 5) is 2.35. The van der Waals surface area contributed by atoms with Crippen molar-refractivity contribution in [2.75, 3.05) is 13.6 Å². The number of hydrogen-bond acceptors (Lipinski definition) is 3. The van der Waals surface area contributed by atoms with Crippen molar-refractivity contribution in [1.29, 1.82) is 0 Å². The normalized spacial score (nSPS) is 40.0. The van der Waals surface area contributed by atoms with Crippen LogP contribution >= 0.6 is 0 Å². The molecular formula is C17H23NO2. The molecule has 0 amide bonds. The number of benzene rings is 1. The molecule has 2 bridgehead atoms. The van der Waals surface area contributed by atoms with Gasteiger partial charge in [-0.25, -0.2) is 0 Å². The minimum Gasteiger partial charge on any atom is -0.508 e. The third-order valence-corrected chi connectivity index (χ3v) is 6.24. The van der Waals surface area contributed by atoms with Crippen molar-refractivity contribution in [3.63, 3.8) is 0 Å². The standard InChI is InChI=1S/C17H23NO2/c1-18-9-8-16-6-2-3-7-17(16,20)15(18)10-12-4-5-13(19)11-14(12)16/h4-5,11,15,19-20H,2-3,6-10H2,1H3/t15-,16+,17-/m1/s1. The minimum absolute atomic E-state index is 0.130. The van der Waals surface area contributed by atoms with E-state index < -0.39 is 5.60 Å². The predicted octanol–water partition coefficient (Wildman–Crippen LogP) is 2.20. The highest BCUT2D eigenvalue weighted by atomic mass is 16.3. The summed E-state index contributed by atoms with van der Waals surface area (Å²) in [7, 11) is 2.15. The van der Waals surface area contributed by atoms with E-state index >= 15 is 0 Å². The molecule has 1 aromatic rings. The van der Waals surface area contributed by atoms with Gasteiger partial charge in [-0.05, 0) is 62.5 Å². The van der Waals surface area contributed by atoms with Crippen LogP contribution in [0.5, 0.6) is 5.75 Å². The average Bonchev–Trinajstić information content (AvgIpc) is 2.43. The van der Waals surface area contributed by atoms with Crippen molar-refractivity contribution in [3.8, 4) is 5.75 Å². The second-order valence-corrected chi connectivity index (χ2v) is 7.01. The number of aliphatic hydroxyl groups is 1. The van der Waals surface area contributed by atoms with Gasteiger partial charge in [-0.3, -0.25) is 0 Å². The summed E-state index contributed by atoms with van der Waals surface area (Å²) in [5, 5.41) is 21.5. The number of phenols is 1. The maximum absolute atomic E-state index is 11.5. The molecule has 20 heavy (non-hydrogen) atoms. The van der Waals surface area contributed by atoms with E-state index in [-0.39, 0.29) is 11.5 Å². The summed E-state index contributed by atoms with van der Waals surface area (Å²) in [5.74, 6) is 0.337. The van der Waals surface area contributed by atoms with Gasteiger partial charge >= 0.3 is 0 Å². The van der Waals surface area contributed by atoms with Crippen molar-refractivity contribution in [2.24, 2.45) is 0 Å². The molecule has 0 unspecified atom stereocenters. The molecule has 1 heterocycles. The van der Waals surface area contributed by atoms with E-state index in [0.29, 0.717) is 5.75 Å². The third-order valence-electron chi connectivity index (χ3n) is 6.24. The van der Waals surface area contributed by atoms with E-state index in [9.17, 15) is 10.2 Å². The van der Waals surface area contributed by atoms with Gasteiger partial charge in [-0.2, -0.15) is 0 Å². The topological polar surface area (TPSA) is 43.7 Å². The van der Waals surface area contributed by atoms with Crippen molar-refractivity contribution in [3.05, 3.63) is 29.3 Å². The Morgan fingerprint density at radius 1 is 1.20 bits per heavy atom. The molecule has 3 aliphatic rings. The lowest BCUT2D eigenvalue weighted by molar-refractivity contribution is -0.160. The van der Waals surface area contributed by atoms with E-state index in [4.69, 9.17) is 0 Å². The summed E-state index contributed by atoms with van der Waals surface area (Å²) in [6.07, 6.45) is 6.18. The molecule has 3 atom stereocenters. The highest BCUT2D eigenvalue weighted by Crippen LogP contribution is 2.58.